The highest BCUT2D eigenvalue weighted by Crippen LogP contribution is 2.20. The van der Waals surface area contributed by atoms with Crippen molar-refractivity contribution in [1.29, 1.82) is 0 Å². The van der Waals surface area contributed by atoms with E-state index in [0.29, 0.717) is 35.2 Å². The molecule has 0 aliphatic carbocycles. The zero-order valence-corrected chi connectivity index (χ0v) is 14.1. The molecule has 5 N–H and O–H groups in total. The number of nitrogens with one attached hydrogen (secondary N) is 2. The molecule has 0 saturated carbocycles. The molecule has 0 radical (unpaired) electrons. The first-order valence-electron chi connectivity index (χ1n) is 7.75. The van der Waals surface area contributed by atoms with Gasteiger partial charge in [-0.15, -0.1) is 0 Å². The Morgan fingerprint density at radius 3 is 2.81 bits per heavy atom. The fourth-order valence-corrected chi connectivity index (χ4v) is 2.15. The number of carbonyl (C=O) groups is 2. The van der Waals surface area contributed by atoms with Crippen molar-refractivity contribution in [3.63, 3.8) is 0 Å². The molecule has 0 spiro atoms. The maximum atomic E-state index is 11.9. The molecule has 2 rings (SSSR count). The molecule has 0 aliphatic rings. The normalized spacial score (nSPS) is 11.2. The highest BCUT2D eigenvalue weighted by molar-refractivity contribution is 5.89. The number of nitrogens with two attached hydrogens (primary N) is 1. The van der Waals surface area contributed by atoms with Gasteiger partial charge in [-0.25, -0.2) is 9.59 Å². The van der Waals surface area contributed by atoms with E-state index in [0.717, 1.165) is 0 Å². The Hall–Kier alpha value is -3.49. The summed E-state index contributed by atoms with van der Waals surface area (Å²) in [6.07, 6.45) is 1.34. The number of methoxy groups -OCH3 is 1. The molecule has 1 aromatic carbocycles. The van der Waals surface area contributed by atoms with E-state index < -0.39 is 17.7 Å². The number of amides is 1. The van der Waals surface area contributed by atoms with Crippen molar-refractivity contribution in [1.82, 2.24) is 5.32 Å². The Labute approximate surface area is 148 Å². The van der Waals surface area contributed by atoms with Crippen LogP contribution >= 0.6 is 0 Å². The topological polar surface area (TPSA) is 144 Å². The lowest BCUT2D eigenvalue weighted by Gasteiger charge is -2.07. The molecular formula is C17H19N3O6. The van der Waals surface area contributed by atoms with Gasteiger partial charge in [0, 0.05) is 30.1 Å². The third kappa shape index (κ3) is 5.00. The molecule has 0 aliphatic heterocycles. The van der Waals surface area contributed by atoms with E-state index in [1.54, 1.807) is 24.4 Å². The number of benzene rings is 1. The number of carbonyl (C=O) groups excluding carboxylic acids is 1. The fourth-order valence-electron chi connectivity index (χ4n) is 2.15. The van der Waals surface area contributed by atoms with Gasteiger partial charge in [0.1, 0.15) is 11.3 Å². The minimum Gasteiger partial charge on any atom is -0.481 e. The van der Waals surface area contributed by atoms with Crippen LogP contribution in [0, 0.1) is 0 Å². The lowest BCUT2D eigenvalue weighted by Crippen LogP contribution is -2.17. The minimum absolute atomic E-state index is 0.0271. The molecule has 0 bridgehead atoms. The van der Waals surface area contributed by atoms with Crippen LogP contribution in [0.3, 0.4) is 0 Å². The van der Waals surface area contributed by atoms with Crippen molar-refractivity contribution in [2.24, 2.45) is 5.73 Å². The second-order valence-corrected chi connectivity index (χ2v) is 5.37. The average Bonchev–Trinajstić information content (AvgIpc) is 2.61. The molecule has 1 amide bonds. The van der Waals surface area contributed by atoms with Gasteiger partial charge in [-0.3, -0.25) is 10.1 Å². The second-order valence-electron chi connectivity index (χ2n) is 5.37. The third-order valence-electron chi connectivity index (χ3n) is 3.46. The number of aliphatic carboxylic acids is 1. The predicted octanol–water partition coefficient (Wildman–Crippen LogP) is 1.68. The summed E-state index contributed by atoms with van der Waals surface area (Å²) < 4.78 is 9.65. The fraction of sp³-hybridized carbons (Fsp3) is 0.235. The van der Waals surface area contributed by atoms with Crippen molar-refractivity contribution in [3.05, 3.63) is 46.4 Å². The van der Waals surface area contributed by atoms with Crippen LogP contribution in [0.4, 0.5) is 10.5 Å². The maximum absolute atomic E-state index is 11.9. The molecule has 1 heterocycles. The van der Waals surface area contributed by atoms with E-state index in [1.807, 2.05) is 0 Å². The molecule has 138 valence electrons. The summed E-state index contributed by atoms with van der Waals surface area (Å²) in [6.45, 7) is 0.470. The molecule has 0 unspecified atom stereocenters. The maximum Gasteiger partial charge on any atom is 0.411 e. The molecule has 9 heteroatoms. The summed E-state index contributed by atoms with van der Waals surface area (Å²) in [5.41, 5.74) is 6.57. The van der Waals surface area contributed by atoms with Gasteiger partial charge in [0.15, 0.2) is 0 Å². The molecule has 2 aromatic rings. The lowest BCUT2D eigenvalue weighted by molar-refractivity contribution is -0.137. The monoisotopic (exact) mass is 361 g/mol. The van der Waals surface area contributed by atoms with E-state index in [1.165, 1.54) is 13.2 Å². The van der Waals surface area contributed by atoms with Gasteiger partial charge < -0.3 is 25.3 Å². The number of rotatable bonds is 7. The van der Waals surface area contributed by atoms with Gasteiger partial charge in [0.05, 0.1) is 12.8 Å². The van der Waals surface area contributed by atoms with Crippen LogP contribution in [0.1, 0.15) is 18.4 Å². The van der Waals surface area contributed by atoms with Crippen molar-refractivity contribution in [3.8, 4) is 0 Å². The Morgan fingerprint density at radius 2 is 2.12 bits per heavy atom. The molecule has 26 heavy (non-hydrogen) atoms. The van der Waals surface area contributed by atoms with Crippen LogP contribution < -0.4 is 22.0 Å². The number of fused-ring (bicyclic) bond motifs is 1. The van der Waals surface area contributed by atoms with E-state index in [-0.39, 0.29) is 12.1 Å². The zero-order valence-electron chi connectivity index (χ0n) is 14.1. The van der Waals surface area contributed by atoms with E-state index in [4.69, 9.17) is 15.3 Å². The Kier molecular flexibility index (Phi) is 6.20. The summed E-state index contributed by atoms with van der Waals surface area (Å²) in [5, 5.41) is 14.4. The van der Waals surface area contributed by atoms with Gasteiger partial charge >= 0.3 is 17.7 Å². The summed E-state index contributed by atoms with van der Waals surface area (Å²) in [7, 11) is 1.19. The quantitative estimate of drug-likeness (QED) is 0.431. The van der Waals surface area contributed by atoms with Gasteiger partial charge in [0.2, 0.25) is 0 Å². The van der Waals surface area contributed by atoms with Crippen LogP contribution in [-0.4, -0.2) is 30.8 Å². The average molecular weight is 361 g/mol. The first kappa shape index (κ1) is 18.8. The lowest BCUT2D eigenvalue weighted by atomic mass is 10.1. The predicted molar refractivity (Wildman–Crippen MR) is 95.5 cm³/mol. The Balaban J connectivity index is 2.15. The largest absolute Gasteiger partial charge is 0.481 e. The smallest absolute Gasteiger partial charge is 0.411 e. The van der Waals surface area contributed by atoms with Gasteiger partial charge in [0.25, 0.3) is 0 Å². The van der Waals surface area contributed by atoms with Crippen LogP contribution in [0.15, 0.2) is 39.7 Å². The van der Waals surface area contributed by atoms with Crippen LogP contribution in [0.5, 0.6) is 0 Å². The van der Waals surface area contributed by atoms with Gasteiger partial charge in [-0.05, 0) is 18.6 Å². The minimum atomic E-state index is -0.852. The van der Waals surface area contributed by atoms with Crippen LogP contribution in [0.25, 0.3) is 16.7 Å². The van der Waals surface area contributed by atoms with Crippen LogP contribution in [-0.2, 0) is 9.53 Å². The SMILES string of the molecule is COC(=O)Nc1cc2ccc(/C(N)=C/NCCCC(=O)O)cc2oc1=O. The van der Waals surface area contributed by atoms with Gasteiger partial charge in [-0.1, -0.05) is 12.1 Å². The molecule has 9 nitrogen and oxygen atoms in total. The second kappa shape index (κ2) is 8.56. The first-order chi connectivity index (χ1) is 12.4. The highest BCUT2D eigenvalue weighted by Gasteiger charge is 2.10. The van der Waals surface area contributed by atoms with Crippen molar-refractivity contribution in [2.45, 2.75) is 12.8 Å². The van der Waals surface area contributed by atoms with Gasteiger partial charge in [-0.2, -0.15) is 0 Å². The molecule has 1 aromatic heterocycles. The molecule has 0 fully saturated rings. The zero-order chi connectivity index (χ0) is 19.1. The standard InChI is InChI=1S/C17H19N3O6/c1-25-17(24)20-13-7-11-5-4-10(8-14(11)26-16(13)23)12(18)9-19-6-2-3-15(21)22/h4-5,7-9,19H,2-3,6,18H2,1H3,(H,20,24)(H,21,22)/b12-9-. The number of anilines is 1. The summed E-state index contributed by atoms with van der Waals surface area (Å²) in [6, 6.07) is 6.51. The van der Waals surface area contributed by atoms with Crippen molar-refractivity contribution in [2.75, 3.05) is 19.0 Å². The Bertz CT molecular complexity index is 903. The summed E-state index contributed by atoms with van der Waals surface area (Å²) in [5.74, 6) is -0.852. The number of carboxylic acid groups (broad SMARTS) is 1. The van der Waals surface area contributed by atoms with E-state index in [9.17, 15) is 14.4 Å². The highest BCUT2D eigenvalue weighted by atomic mass is 16.5. The van der Waals surface area contributed by atoms with E-state index >= 15 is 0 Å². The summed E-state index contributed by atoms with van der Waals surface area (Å²) >= 11 is 0. The Morgan fingerprint density at radius 1 is 1.35 bits per heavy atom. The number of ether oxygens (including phenoxy) is 1. The van der Waals surface area contributed by atoms with Crippen LogP contribution in [0.2, 0.25) is 0 Å². The first-order valence-corrected chi connectivity index (χ1v) is 7.75. The number of hydrogen-bond donors (Lipinski definition) is 4. The van der Waals surface area contributed by atoms with Crippen molar-refractivity contribution < 1.29 is 23.8 Å². The molecule has 0 atom stereocenters. The summed E-state index contributed by atoms with van der Waals surface area (Å²) in [4.78, 5) is 33.6. The van der Waals surface area contributed by atoms with Crippen molar-refractivity contribution >= 4 is 34.4 Å². The molecule has 0 saturated heterocycles. The number of carboxylic acids is 1. The van der Waals surface area contributed by atoms with E-state index in [2.05, 4.69) is 15.4 Å². The number of hydrogen-bond acceptors (Lipinski definition) is 7. The third-order valence-corrected chi connectivity index (χ3v) is 3.46. The molecular weight excluding hydrogens is 342 g/mol.